The number of hydrogen-bond donors (Lipinski definition) is 0. The molecule has 23 heavy (non-hydrogen) atoms. The molecule has 1 fully saturated rings. The van der Waals surface area contributed by atoms with Gasteiger partial charge in [-0.3, -0.25) is 4.99 Å². The fraction of sp³-hybridized carbons (Fsp3) is 0.421. The van der Waals surface area contributed by atoms with Crippen molar-refractivity contribution in [1.29, 1.82) is 0 Å². The smallest absolute Gasteiger partial charge is 0.210 e. The summed E-state index contributed by atoms with van der Waals surface area (Å²) in [6.45, 7) is 0. The van der Waals surface area contributed by atoms with E-state index in [1.54, 1.807) is 6.21 Å². The third-order valence-electron chi connectivity index (χ3n) is 4.40. The fourth-order valence-electron chi connectivity index (χ4n) is 3.15. The van der Waals surface area contributed by atoms with E-state index in [1.165, 1.54) is 37.7 Å². The molecule has 1 heterocycles. The lowest BCUT2D eigenvalue weighted by Gasteiger charge is -2.21. The number of nitrogens with zero attached hydrogens (tertiary/aromatic N) is 2. The maximum atomic E-state index is 5.75. The van der Waals surface area contributed by atoms with Gasteiger partial charge < -0.3 is 9.32 Å². The molecule has 0 unspecified atom stereocenters. The first-order valence-corrected chi connectivity index (χ1v) is 9.03. The quantitative estimate of drug-likeness (QED) is 0.622. The molecule has 0 aliphatic heterocycles. The van der Waals surface area contributed by atoms with Gasteiger partial charge in [-0.25, -0.2) is 0 Å². The van der Waals surface area contributed by atoms with Crippen LogP contribution in [0.3, 0.4) is 0 Å². The maximum Gasteiger partial charge on any atom is 0.210 e. The van der Waals surface area contributed by atoms with Crippen molar-refractivity contribution in [3.8, 4) is 0 Å². The second-order valence-corrected chi connectivity index (χ2v) is 7.24. The Bertz CT molecular complexity index is 667. The first-order valence-electron chi connectivity index (χ1n) is 8.24. The average Bonchev–Trinajstić information content (AvgIpc) is 2.95. The Kier molecular flexibility index (Phi) is 5.21. The molecule has 3 rings (SSSR count). The molecule has 1 aliphatic rings. The summed E-state index contributed by atoms with van der Waals surface area (Å²) in [5.74, 6) is 2.29. The van der Waals surface area contributed by atoms with Gasteiger partial charge in [-0.1, -0.05) is 31.4 Å². The summed E-state index contributed by atoms with van der Waals surface area (Å²) >= 11 is 3.50. The monoisotopic (exact) mass is 374 g/mol. The van der Waals surface area contributed by atoms with Gasteiger partial charge in [0, 0.05) is 20.2 Å². The average molecular weight is 375 g/mol. The van der Waals surface area contributed by atoms with E-state index in [9.17, 15) is 0 Å². The minimum absolute atomic E-state index is 0.741. The van der Waals surface area contributed by atoms with Crippen LogP contribution in [0.15, 0.2) is 44.2 Å². The van der Waals surface area contributed by atoms with E-state index in [4.69, 9.17) is 4.42 Å². The summed E-state index contributed by atoms with van der Waals surface area (Å²) in [4.78, 5) is 6.45. The third kappa shape index (κ3) is 4.05. The zero-order valence-electron chi connectivity index (χ0n) is 13.8. The normalized spacial score (nSPS) is 16.1. The van der Waals surface area contributed by atoms with Crippen LogP contribution in [-0.2, 0) is 0 Å². The number of benzene rings is 1. The molecule has 2 aromatic rings. The second kappa shape index (κ2) is 7.35. The van der Waals surface area contributed by atoms with E-state index >= 15 is 0 Å². The van der Waals surface area contributed by atoms with Crippen LogP contribution in [-0.4, -0.2) is 20.3 Å². The third-order valence-corrected chi connectivity index (χ3v) is 4.97. The summed E-state index contributed by atoms with van der Waals surface area (Å²) in [6, 6.07) is 10.6. The number of halogens is 1. The van der Waals surface area contributed by atoms with Gasteiger partial charge in [-0.2, -0.15) is 0 Å². The minimum atomic E-state index is 0.741. The SMILES string of the molecule is CN(C)c1oc(C=Nc2ccc(C3CCCCC3)cc2)cc1Br. The van der Waals surface area contributed by atoms with Crippen molar-refractivity contribution in [2.45, 2.75) is 38.0 Å². The lowest BCUT2D eigenvalue weighted by molar-refractivity contribution is 0.443. The number of furan rings is 1. The van der Waals surface area contributed by atoms with Gasteiger partial charge in [0.25, 0.3) is 0 Å². The zero-order valence-corrected chi connectivity index (χ0v) is 15.3. The van der Waals surface area contributed by atoms with E-state index in [-0.39, 0.29) is 0 Å². The zero-order chi connectivity index (χ0) is 16.2. The lowest BCUT2D eigenvalue weighted by atomic mass is 9.84. The van der Waals surface area contributed by atoms with Crippen molar-refractivity contribution in [2.75, 3.05) is 19.0 Å². The van der Waals surface area contributed by atoms with Crippen molar-refractivity contribution in [3.63, 3.8) is 0 Å². The number of rotatable bonds is 4. The minimum Gasteiger partial charge on any atom is -0.438 e. The summed E-state index contributed by atoms with van der Waals surface area (Å²) in [6.07, 6.45) is 8.56. The van der Waals surface area contributed by atoms with Crippen LogP contribution in [0.5, 0.6) is 0 Å². The van der Waals surface area contributed by atoms with Crippen LogP contribution in [0.1, 0.15) is 49.3 Å². The Morgan fingerprint density at radius 1 is 1.13 bits per heavy atom. The van der Waals surface area contributed by atoms with Crippen molar-refractivity contribution >= 4 is 33.7 Å². The highest BCUT2D eigenvalue weighted by Gasteiger charge is 2.15. The van der Waals surface area contributed by atoms with Crippen molar-refractivity contribution in [3.05, 3.63) is 46.1 Å². The first-order chi connectivity index (χ1) is 11.1. The summed E-state index contributed by atoms with van der Waals surface area (Å²) in [5.41, 5.74) is 2.42. The van der Waals surface area contributed by atoms with E-state index in [0.29, 0.717) is 0 Å². The topological polar surface area (TPSA) is 28.7 Å². The van der Waals surface area contributed by atoms with Crippen LogP contribution in [0, 0.1) is 0 Å². The Morgan fingerprint density at radius 3 is 2.43 bits per heavy atom. The van der Waals surface area contributed by atoms with E-state index in [1.807, 2.05) is 25.1 Å². The first kappa shape index (κ1) is 16.3. The Morgan fingerprint density at radius 2 is 1.83 bits per heavy atom. The van der Waals surface area contributed by atoms with Crippen LogP contribution in [0.25, 0.3) is 0 Å². The molecule has 0 bridgehead atoms. The Balaban J connectivity index is 1.69. The molecule has 0 saturated heterocycles. The molecule has 0 N–H and O–H groups in total. The maximum absolute atomic E-state index is 5.75. The van der Waals surface area contributed by atoms with Gasteiger partial charge in [0.15, 0.2) is 0 Å². The summed E-state index contributed by atoms with van der Waals surface area (Å²) < 4.78 is 6.69. The predicted molar refractivity (Wildman–Crippen MR) is 100 cm³/mol. The summed E-state index contributed by atoms with van der Waals surface area (Å²) in [7, 11) is 3.91. The van der Waals surface area contributed by atoms with Gasteiger partial charge in [0.2, 0.25) is 5.88 Å². The van der Waals surface area contributed by atoms with Gasteiger partial charge >= 0.3 is 0 Å². The van der Waals surface area contributed by atoms with Crippen molar-refractivity contribution < 1.29 is 4.42 Å². The van der Waals surface area contributed by atoms with Crippen LogP contribution < -0.4 is 4.90 Å². The molecule has 0 atom stereocenters. The van der Waals surface area contributed by atoms with Gasteiger partial charge in [-0.15, -0.1) is 0 Å². The standard InChI is InChI=1S/C19H23BrN2O/c1-22(2)19-18(20)12-17(23-19)13-21-16-10-8-15(9-11-16)14-6-4-3-5-7-14/h8-14H,3-7H2,1-2H3. The Labute approximate surface area is 146 Å². The molecular weight excluding hydrogens is 352 g/mol. The predicted octanol–water partition coefficient (Wildman–Crippen LogP) is 5.91. The highest BCUT2D eigenvalue weighted by molar-refractivity contribution is 9.10. The molecule has 3 nitrogen and oxygen atoms in total. The number of hydrogen-bond acceptors (Lipinski definition) is 3. The van der Waals surface area contributed by atoms with Crippen LogP contribution in [0.2, 0.25) is 0 Å². The summed E-state index contributed by atoms with van der Waals surface area (Å²) in [5, 5.41) is 0. The number of anilines is 1. The molecule has 4 heteroatoms. The van der Waals surface area contributed by atoms with Gasteiger partial charge in [0.05, 0.1) is 16.4 Å². The highest BCUT2D eigenvalue weighted by Crippen LogP contribution is 2.33. The van der Waals surface area contributed by atoms with E-state index in [2.05, 4.69) is 45.2 Å². The number of aliphatic imine (C=N–C) groups is 1. The molecular formula is C19H23BrN2O. The highest BCUT2D eigenvalue weighted by atomic mass is 79.9. The molecule has 1 aromatic carbocycles. The molecule has 122 valence electrons. The molecule has 0 radical (unpaired) electrons. The van der Waals surface area contributed by atoms with Crippen molar-refractivity contribution in [1.82, 2.24) is 0 Å². The Hall–Kier alpha value is -1.55. The molecule has 0 spiro atoms. The molecule has 1 saturated carbocycles. The van der Waals surface area contributed by atoms with E-state index < -0.39 is 0 Å². The van der Waals surface area contributed by atoms with Crippen molar-refractivity contribution in [2.24, 2.45) is 4.99 Å². The molecule has 0 amide bonds. The second-order valence-electron chi connectivity index (χ2n) is 6.38. The van der Waals surface area contributed by atoms with Crippen LogP contribution >= 0.6 is 15.9 Å². The largest absolute Gasteiger partial charge is 0.438 e. The van der Waals surface area contributed by atoms with E-state index in [0.717, 1.165) is 27.7 Å². The molecule has 1 aromatic heterocycles. The lowest BCUT2D eigenvalue weighted by Crippen LogP contribution is -2.07. The van der Waals surface area contributed by atoms with Gasteiger partial charge in [-0.05, 0) is 52.4 Å². The fourth-order valence-corrected chi connectivity index (χ4v) is 3.81. The molecule has 1 aliphatic carbocycles. The van der Waals surface area contributed by atoms with Crippen LogP contribution in [0.4, 0.5) is 11.6 Å². The van der Waals surface area contributed by atoms with Gasteiger partial charge in [0.1, 0.15) is 5.76 Å².